The zero-order valence-corrected chi connectivity index (χ0v) is 7.16. The lowest BCUT2D eigenvalue weighted by Crippen LogP contribution is -2.06. The van der Waals surface area contributed by atoms with Crippen molar-refractivity contribution in [2.24, 2.45) is 0 Å². The summed E-state index contributed by atoms with van der Waals surface area (Å²) in [5, 5.41) is 0. The Balaban J connectivity index is 2.01. The van der Waals surface area contributed by atoms with Gasteiger partial charge in [-0.25, -0.2) is 0 Å². The van der Waals surface area contributed by atoms with Gasteiger partial charge in [0.25, 0.3) is 0 Å². The summed E-state index contributed by atoms with van der Waals surface area (Å²) in [6, 6.07) is 0. The van der Waals surface area contributed by atoms with E-state index in [1.807, 2.05) is 0 Å². The van der Waals surface area contributed by atoms with Gasteiger partial charge in [-0.15, -0.1) is 0 Å². The Morgan fingerprint density at radius 3 is 1.73 bits per heavy atom. The van der Waals surface area contributed by atoms with E-state index in [0.29, 0.717) is 0 Å². The lowest BCUT2D eigenvalue weighted by molar-refractivity contribution is 0.610. The second kappa shape index (κ2) is 2.84. The summed E-state index contributed by atoms with van der Waals surface area (Å²) >= 11 is 0. The highest BCUT2D eigenvalue weighted by Crippen LogP contribution is 2.36. The Hall–Kier alpha value is -0.520. The van der Waals surface area contributed by atoms with E-state index >= 15 is 0 Å². The summed E-state index contributed by atoms with van der Waals surface area (Å²) in [4.78, 5) is 0. The fourth-order valence-corrected chi connectivity index (χ4v) is 1.97. The monoisotopic (exact) mass is 148 g/mol. The zero-order valence-electron chi connectivity index (χ0n) is 7.16. The minimum Gasteiger partial charge on any atom is -0.0998 e. The average Bonchev–Trinajstić information content (AvgIpc) is 1.90. The first kappa shape index (κ1) is 7.15. The van der Waals surface area contributed by atoms with Crippen LogP contribution in [0, 0.1) is 0 Å². The largest absolute Gasteiger partial charge is 0.0998 e. The van der Waals surface area contributed by atoms with Crippen LogP contribution in [-0.2, 0) is 0 Å². The van der Waals surface area contributed by atoms with Crippen molar-refractivity contribution >= 4 is 0 Å². The van der Waals surface area contributed by atoms with Crippen molar-refractivity contribution in [3.8, 4) is 0 Å². The van der Waals surface area contributed by atoms with Gasteiger partial charge < -0.3 is 0 Å². The molecule has 0 amide bonds. The lowest BCUT2D eigenvalue weighted by Gasteiger charge is -2.25. The maximum Gasteiger partial charge on any atom is -0.0280 e. The van der Waals surface area contributed by atoms with Gasteiger partial charge in [0.05, 0.1) is 0 Å². The van der Waals surface area contributed by atoms with Crippen molar-refractivity contribution in [1.82, 2.24) is 0 Å². The number of hydrogen-bond donors (Lipinski definition) is 0. The highest BCUT2D eigenvalue weighted by Gasteiger charge is 2.17. The molecule has 0 aliphatic heterocycles. The van der Waals surface area contributed by atoms with Gasteiger partial charge in [0.2, 0.25) is 0 Å². The molecular weight excluding hydrogens is 132 g/mol. The third kappa shape index (κ3) is 1.40. The molecule has 0 aromatic rings. The molecule has 0 nitrogen and oxygen atoms in total. The minimum absolute atomic E-state index is 1.26. The van der Waals surface area contributed by atoms with Crippen molar-refractivity contribution in [3.63, 3.8) is 0 Å². The summed E-state index contributed by atoms with van der Waals surface area (Å²) in [6.07, 6.45) is 9.43. The van der Waals surface area contributed by atoms with Gasteiger partial charge in [0.15, 0.2) is 0 Å². The Morgan fingerprint density at radius 2 is 1.27 bits per heavy atom. The first-order valence-electron chi connectivity index (χ1n) is 4.72. The molecule has 2 aliphatic carbocycles. The molecule has 0 N–H and O–H groups in total. The maximum atomic E-state index is 4.03. The molecular formula is C11H16. The van der Waals surface area contributed by atoms with Crippen LogP contribution in [0.15, 0.2) is 23.3 Å². The SMILES string of the molecule is C=C1CCC(=C2CCC2)CC1. The molecule has 0 heterocycles. The molecule has 0 spiro atoms. The molecule has 0 radical (unpaired) electrons. The van der Waals surface area contributed by atoms with Crippen LogP contribution in [0.5, 0.6) is 0 Å². The number of allylic oxidation sites excluding steroid dienone is 3. The molecule has 0 unspecified atom stereocenters. The van der Waals surface area contributed by atoms with Crippen molar-refractivity contribution in [1.29, 1.82) is 0 Å². The van der Waals surface area contributed by atoms with Crippen LogP contribution in [0.4, 0.5) is 0 Å². The Labute approximate surface area is 69.0 Å². The van der Waals surface area contributed by atoms with E-state index in [1.165, 1.54) is 50.5 Å². The smallest absolute Gasteiger partial charge is 0.0280 e. The predicted octanol–water partition coefficient (Wildman–Crippen LogP) is 3.60. The van der Waals surface area contributed by atoms with Crippen LogP contribution in [-0.4, -0.2) is 0 Å². The third-order valence-electron chi connectivity index (χ3n) is 3.02. The van der Waals surface area contributed by atoms with Gasteiger partial charge in [-0.2, -0.15) is 0 Å². The van der Waals surface area contributed by atoms with Crippen LogP contribution in [0.3, 0.4) is 0 Å². The van der Waals surface area contributed by atoms with E-state index in [2.05, 4.69) is 6.58 Å². The number of rotatable bonds is 0. The van der Waals surface area contributed by atoms with Crippen LogP contribution >= 0.6 is 0 Å². The van der Waals surface area contributed by atoms with Gasteiger partial charge in [-0.05, 0) is 44.9 Å². The van der Waals surface area contributed by atoms with Gasteiger partial charge in [-0.1, -0.05) is 23.3 Å². The standard InChI is InChI=1S/C11H16/c1-9-5-7-11(8-6-9)10-3-2-4-10/h1-8H2. The van der Waals surface area contributed by atoms with Gasteiger partial charge in [0, 0.05) is 0 Å². The predicted molar refractivity (Wildman–Crippen MR) is 48.5 cm³/mol. The quantitative estimate of drug-likeness (QED) is 0.460. The van der Waals surface area contributed by atoms with E-state index in [4.69, 9.17) is 0 Å². The second-order valence-corrected chi connectivity index (χ2v) is 3.81. The van der Waals surface area contributed by atoms with Gasteiger partial charge in [-0.3, -0.25) is 0 Å². The fraction of sp³-hybridized carbons (Fsp3) is 0.636. The van der Waals surface area contributed by atoms with Crippen molar-refractivity contribution < 1.29 is 0 Å². The molecule has 2 aliphatic rings. The molecule has 0 aromatic carbocycles. The summed E-state index contributed by atoms with van der Waals surface area (Å²) in [5.74, 6) is 0. The molecule has 0 atom stereocenters. The van der Waals surface area contributed by atoms with E-state index in [9.17, 15) is 0 Å². The third-order valence-corrected chi connectivity index (χ3v) is 3.02. The zero-order chi connectivity index (χ0) is 7.68. The molecule has 0 saturated heterocycles. The number of hydrogen-bond acceptors (Lipinski definition) is 0. The maximum absolute atomic E-state index is 4.03. The summed E-state index contributed by atoms with van der Waals surface area (Å²) in [7, 11) is 0. The summed E-state index contributed by atoms with van der Waals surface area (Å²) in [6.45, 7) is 4.03. The summed E-state index contributed by atoms with van der Waals surface area (Å²) < 4.78 is 0. The molecule has 0 bridgehead atoms. The molecule has 2 rings (SSSR count). The lowest BCUT2D eigenvalue weighted by atomic mass is 9.81. The highest BCUT2D eigenvalue weighted by atomic mass is 14.2. The highest BCUT2D eigenvalue weighted by molar-refractivity contribution is 5.24. The average molecular weight is 148 g/mol. The first-order valence-corrected chi connectivity index (χ1v) is 4.72. The van der Waals surface area contributed by atoms with Crippen LogP contribution in [0.25, 0.3) is 0 Å². The van der Waals surface area contributed by atoms with Crippen LogP contribution in [0.1, 0.15) is 44.9 Å². The molecule has 2 fully saturated rings. The van der Waals surface area contributed by atoms with Gasteiger partial charge >= 0.3 is 0 Å². The molecule has 11 heavy (non-hydrogen) atoms. The van der Waals surface area contributed by atoms with E-state index in [1.54, 1.807) is 11.1 Å². The molecule has 60 valence electrons. The molecule has 0 aromatic heterocycles. The normalized spacial score (nSPS) is 25.3. The molecule has 0 heteroatoms. The van der Waals surface area contributed by atoms with E-state index in [0.717, 1.165) is 0 Å². The van der Waals surface area contributed by atoms with Crippen molar-refractivity contribution in [2.45, 2.75) is 44.9 Å². The Bertz CT molecular complexity index is 190. The fourth-order valence-electron chi connectivity index (χ4n) is 1.97. The molecule has 2 saturated carbocycles. The Kier molecular flexibility index (Phi) is 1.85. The van der Waals surface area contributed by atoms with Crippen LogP contribution in [0.2, 0.25) is 0 Å². The van der Waals surface area contributed by atoms with E-state index < -0.39 is 0 Å². The summed E-state index contributed by atoms with van der Waals surface area (Å²) in [5.41, 5.74) is 5.04. The second-order valence-electron chi connectivity index (χ2n) is 3.81. The van der Waals surface area contributed by atoms with Gasteiger partial charge in [0.1, 0.15) is 0 Å². The first-order chi connectivity index (χ1) is 5.36. The topological polar surface area (TPSA) is 0 Å². The van der Waals surface area contributed by atoms with Crippen LogP contribution < -0.4 is 0 Å². The van der Waals surface area contributed by atoms with Crippen molar-refractivity contribution in [3.05, 3.63) is 23.3 Å². The minimum atomic E-state index is 1.26. The van der Waals surface area contributed by atoms with E-state index in [-0.39, 0.29) is 0 Å². The van der Waals surface area contributed by atoms with Crippen molar-refractivity contribution in [2.75, 3.05) is 0 Å². The Morgan fingerprint density at radius 1 is 0.727 bits per heavy atom.